The Morgan fingerprint density at radius 2 is 1.69 bits per heavy atom. The number of nitrogens with zero attached hydrogens (tertiary/aromatic N) is 7. The third kappa shape index (κ3) is 13.0. The summed E-state index contributed by atoms with van der Waals surface area (Å²) >= 11 is 9.10. The number of halogens is 1. The SMILES string of the molecule is Cc1nc(Nc2ncc(C(=O)Nc3c(C)cccc3Cl)s2)cc(N2CCN(C(=O)CCCCCCN[C@H](C(=O)N3C[C@H](O)C[C@H]3C(=O)NCc3ccc(-c4scnc4C)cc3)C(C)(C)C)CC2)n1. The monoisotopic (exact) mass is 983 g/mol. The molecule has 5 aromatic rings. The zero-order valence-electron chi connectivity index (χ0n) is 39.6. The van der Waals surface area contributed by atoms with Crippen molar-refractivity contribution in [3.8, 4) is 10.4 Å². The first-order chi connectivity index (χ1) is 32.5. The van der Waals surface area contributed by atoms with Crippen LogP contribution in [0, 0.1) is 26.2 Å². The first-order valence-electron chi connectivity index (χ1n) is 23.2. The second-order valence-corrected chi connectivity index (χ2v) is 20.9. The van der Waals surface area contributed by atoms with Gasteiger partial charge in [-0.25, -0.2) is 19.9 Å². The second kappa shape index (κ2) is 22.7. The first-order valence-corrected chi connectivity index (χ1v) is 25.3. The summed E-state index contributed by atoms with van der Waals surface area (Å²) in [6, 6.07) is 14.0. The minimum absolute atomic E-state index is 0.112. The fourth-order valence-corrected chi connectivity index (χ4v) is 10.3. The smallest absolute Gasteiger partial charge is 0.267 e. The number of unbranched alkanes of at least 4 members (excludes halogenated alkanes) is 3. The van der Waals surface area contributed by atoms with E-state index in [9.17, 15) is 24.3 Å². The summed E-state index contributed by atoms with van der Waals surface area (Å²) in [5.74, 6) is 1.27. The van der Waals surface area contributed by atoms with Gasteiger partial charge in [-0.1, -0.05) is 92.9 Å². The van der Waals surface area contributed by atoms with E-state index in [0.717, 1.165) is 58.8 Å². The number of carbonyl (C=O) groups excluding carboxylic acids is 4. The zero-order valence-corrected chi connectivity index (χ0v) is 42.0. The largest absolute Gasteiger partial charge is 0.391 e. The fraction of sp³-hybridized carbons (Fsp3) is 0.469. The van der Waals surface area contributed by atoms with E-state index in [4.69, 9.17) is 11.6 Å². The summed E-state index contributed by atoms with van der Waals surface area (Å²) in [7, 11) is 0. The van der Waals surface area contributed by atoms with Gasteiger partial charge in [0.2, 0.25) is 17.7 Å². The molecule has 3 aromatic heterocycles. The predicted octanol–water partition coefficient (Wildman–Crippen LogP) is 7.51. The molecule has 5 heterocycles. The molecule has 4 amide bonds. The summed E-state index contributed by atoms with van der Waals surface area (Å²) in [6.45, 7) is 15.2. The molecule has 7 rings (SSSR count). The summed E-state index contributed by atoms with van der Waals surface area (Å²) in [4.78, 5) is 78.8. The highest BCUT2D eigenvalue weighted by Gasteiger charge is 2.43. The molecule has 0 bridgehead atoms. The van der Waals surface area contributed by atoms with Crippen LogP contribution in [0.2, 0.25) is 5.02 Å². The second-order valence-electron chi connectivity index (χ2n) is 18.6. The van der Waals surface area contributed by atoms with Gasteiger partial charge in [-0.05, 0) is 68.3 Å². The Morgan fingerprint density at radius 3 is 2.40 bits per heavy atom. The molecule has 0 unspecified atom stereocenters. The van der Waals surface area contributed by atoms with Crippen LogP contribution in [0.4, 0.5) is 22.5 Å². The van der Waals surface area contributed by atoms with Gasteiger partial charge in [0.15, 0.2) is 5.13 Å². The standard InChI is InChI=1S/C49H62ClN11O5S2/c1-30-12-11-13-36(50)42(30)58-46(65)38-27-53-48(68-38)57-39-25-40(56-32(3)55-39)59-20-22-60(23-21-59)41(63)14-9-7-8-10-19-51-44(49(4,5)6)47(66)61-28-35(62)24-37(61)45(64)52-26-33-15-17-34(18-16-33)43-31(2)54-29-67-43/h11-13,15-18,25,27,29,35,37,44,51,62H,7-10,14,19-24,26,28H2,1-6H3,(H,52,64)(H,58,65)(H,53,55,56,57)/t35-,37+,44-/m1/s1. The molecule has 0 saturated carbocycles. The number of β-amino-alcohol motifs (C(OH)–C–C–N with tert-alkyl or cyclic N) is 1. The lowest BCUT2D eigenvalue weighted by Gasteiger charge is -2.35. The normalized spacial score (nSPS) is 16.7. The number of carbonyl (C=O) groups is 4. The molecule has 2 fully saturated rings. The Morgan fingerprint density at radius 1 is 0.941 bits per heavy atom. The van der Waals surface area contributed by atoms with Crippen molar-refractivity contribution in [2.75, 3.05) is 54.8 Å². The van der Waals surface area contributed by atoms with Gasteiger partial charge >= 0.3 is 0 Å². The van der Waals surface area contributed by atoms with Crippen LogP contribution in [0.25, 0.3) is 10.4 Å². The average Bonchev–Trinajstić information content (AvgIpc) is 4.07. The number of nitrogens with one attached hydrogen (secondary N) is 4. The number of para-hydroxylation sites is 1. The average molecular weight is 985 g/mol. The van der Waals surface area contributed by atoms with Gasteiger partial charge in [0.1, 0.15) is 28.4 Å². The van der Waals surface area contributed by atoms with E-state index in [-0.39, 0.29) is 36.6 Å². The lowest BCUT2D eigenvalue weighted by molar-refractivity contribution is -0.142. The predicted molar refractivity (Wildman–Crippen MR) is 270 cm³/mol. The van der Waals surface area contributed by atoms with E-state index in [1.165, 1.54) is 17.5 Å². The van der Waals surface area contributed by atoms with Crippen LogP contribution in [0.15, 0.2) is 60.2 Å². The van der Waals surface area contributed by atoms with Crippen LogP contribution in [0.5, 0.6) is 0 Å². The lowest BCUT2D eigenvalue weighted by Crippen LogP contribution is -2.56. The van der Waals surface area contributed by atoms with Gasteiger partial charge in [0.05, 0.1) is 45.1 Å². The van der Waals surface area contributed by atoms with E-state index >= 15 is 0 Å². The fourth-order valence-electron chi connectivity index (χ4n) is 8.53. The van der Waals surface area contributed by atoms with Crippen LogP contribution in [-0.4, -0.2) is 116 Å². The van der Waals surface area contributed by atoms with Crippen molar-refractivity contribution < 1.29 is 24.3 Å². The third-order valence-electron chi connectivity index (χ3n) is 12.3. The summed E-state index contributed by atoms with van der Waals surface area (Å²) in [5, 5.41) is 24.2. The maximum Gasteiger partial charge on any atom is 0.267 e. The number of aliphatic hydroxyl groups is 1. The number of benzene rings is 2. The van der Waals surface area contributed by atoms with Gasteiger partial charge in [-0.2, -0.15) is 0 Å². The van der Waals surface area contributed by atoms with Gasteiger partial charge in [0, 0.05) is 58.2 Å². The van der Waals surface area contributed by atoms with Crippen molar-refractivity contribution in [3.05, 3.63) is 92.8 Å². The van der Waals surface area contributed by atoms with Crippen molar-refractivity contribution >= 4 is 80.4 Å². The summed E-state index contributed by atoms with van der Waals surface area (Å²) < 4.78 is 0. The molecule has 68 heavy (non-hydrogen) atoms. The van der Waals surface area contributed by atoms with Crippen LogP contribution in [0.3, 0.4) is 0 Å². The van der Waals surface area contributed by atoms with Crippen LogP contribution in [-0.2, 0) is 20.9 Å². The number of hydrogen-bond acceptors (Lipinski definition) is 14. The minimum atomic E-state index is -0.775. The maximum atomic E-state index is 14.1. The number of amides is 4. The van der Waals surface area contributed by atoms with E-state index in [0.29, 0.717) is 78.1 Å². The van der Waals surface area contributed by atoms with Gasteiger partial charge in [-0.15, -0.1) is 11.3 Å². The van der Waals surface area contributed by atoms with Crippen molar-refractivity contribution in [3.63, 3.8) is 0 Å². The summed E-state index contributed by atoms with van der Waals surface area (Å²) in [5.41, 5.74) is 5.83. The topological polar surface area (TPSA) is 198 Å². The molecular weight excluding hydrogens is 922 g/mol. The number of thiazole rings is 2. The molecular formula is C49H62ClN11O5S2. The lowest BCUT2D eigenvalue weighted by atomic mass is 9.85. The number of aryl methyl sites for hydroxylation is 3. The molecule has 19 heteroatoms. The quantitative estimate of drug-likeness (QED) is 0.0543. The number of rotatable bonds is 18. The van der Waals surface area contributed by atoms with E-state index in [1.807, 2.05) is 94.4 Å². The van der Waals surface area contributed by atoms with E-state index < -0.39 is 23.6 Å². The Kier molecular flexibility index (Phi) is 16.8. The number of anilines is 4. The van der Waals surface area contributed by atoms with Crippen molar-refractivity contribution in [2.24, 2.45) is 5.41 Å². The van der Waals surface area contributed by atoms with Crippen LogP contribution in [0.1, 0.15) is 91.6 Å². The molecule has 2 aromatic carbocycles. The van der Waals surface area contributed by atoms with E-state index in [1.54, 1.807) is 22.3 Å². The molecule has 362 valence electrons. The number of aliphatic hydroxyl groups excluding tert-OH is 1. The molecule has 2 aliphatic rings. The van der Waals surface area contributed by atoms with Gasteiger partial charge in [0.25, 0.3) is 5.91 Å². The first kappa shape index (κ1) is 50.3. The number of aromatic nitrogens is 4. The number of hydrogen-bond donors (Lipinski definition) is 5. The Bertz CT molecular complexity index is 2540. The van der Waals surface area contributed by atoms with E-state index in [2.05, 4.69) is 46.1 Å². The molecule has 2 aliphatic heterocycles. The molecule has 3 atom stereocenters. The van der Waals surface area contributed by atoms with Gasteiger partial charge < -0.3 is 41.1 Å². The highest BCUT2D eigenvalue weighted by atomic mass is 35.5. The van der Waals surface area contributed by atoms with Crippen LogP contribution < -0.4 is 26.2 Å². The Hall–Kier alpha value is -5.53. The highest BCUT2D eigenvalue weighted by molar-refractivity contribution is 7.17. The summed E-state index contributed by atoms with van der Waals surface area (Å²) in [6.07, 6.45) is 4.80. The number of likely N-dealkylation sites (tertiary alicyclic amines) is 1. The van der Waals surface area contributed by atoms with Gasteiger partial charge in [-0.3, -0.25) is 19.2 Å². The highest BCUT2D eigenvalue weighted by Crippen LogP contribution is 2.31. The van der Waals surface area contributed by atoms with Crippen LogP contribution >= 0.6 is 34.3 Å². The Labute approximate surface area is 411 Å². The van der Waals surface area contributed by atoms with Crippen molar-refractivity contribution in [2.45, 2.75) is 105 Å². The molecule has 16 nitrogen and oxygen atoms in total. The van der Waals surface area contributed by atoms with Crippen molar-refractivity contribution in [1.82, 2.24) is 40.4 Å². The van der Waals surface area contributed by atoms with Crippen molar-refractivity contribution in [1.29, 1.82) is 0 Å². The maximum absolute atomic E-state index is 14.1. The molecule has 5 N–H and O–H groups in total. The number of piperazine rings is 1. The third-order valence-corrected chi connectivity index (χ3v) is 14.5. The molecule has 2 saturated heterocycles. The zero-order chi connectivity index (χ0) is 48.5. The molecule has 0 radical (unpaired) electrons. The molecule has 0 aliphatic carbocycles. The molecule has 0 spiro atoms. The Balaban J connectivity index is 0.807. The minimum Gasteiger partial charge on any atom is -0.391 e.